The van der Waals surface area contributed by atoms with Gasteiger partial charge < -0.3 is 30.6 Å². The largest absolute Gasteiger partial charge is 0.490 e. The van der Waals surface area contributed by atoms with Crippen LogP contribution in [0.3, 0.4) is 0 Å². The number of benzene rings is 2. The van der Waals surface area contributed by atoms with E-state index >= 15 is 0 Å². The minimum Gasteiger partial charge on any atom is -0.490 e. The van der Waals surface area contributed by atoms with Crippen LogP contribution in [0.25, 0.3) is 5.82 Å². The molecule has 43 heavy (non-hydrogen) atoms. The predicted octanol–water partition coefficient (Wildman–Crippen LogP) is 2.16. The summed E-state index contributed by atoms with van der Waals surface area (Å²) in [7, 11) is 1.39. The first-order valence-corrected chi connectivity index (χ1v) is 13.3. The molecule has 6 N–H and O–H groups in total. The molecule has 14 nitrogen and oxygen atoms in total. The molecule has 0 aliphatic carbocycles. The highest BCUT2D eigenvalue weighted by atomic mass is 16.7. The number of ether oxygens (including phenoxy) is 3. The quantitative estimate of drug-likeness (QED) is 0.0707. The van der Waals surface area contributed by atoms with Crippen LogP contribution in [0.5, 0.6) is 11.5 Å². The molecule has 0 spiro atoms. The van der Waals surface area contributed by atoms with Gasteiger partial charge in [0.1, 0.15) is 11.9 Å². The monoisotopic (exact) mass is 588 g/mol. The Kier molecular flexibility index (Phi) is 9.40. The van der Waals surface area contributed by atoms with Crippen molar-refractivity contribution in [2.75, 3.05) is 19.0 Å². The number of aryl methyl sites for hydroxylation is 1. The molecule has 0 saturated heterocycles. The van der Waals surface area contributed by atoms with Gasteiger partial charge in [-0.25, -0.2) is 9.78 Å². The number of amides is 1. The zero-order valence-corrected chi connectivity index (χ0v) is 24.0. The van der Waals surface area contributed by atoms with Crippen molar-refractivity contribution in [2.24, 2.45) is 5.73 Å². The summed E-state index contributed by atoms with van der Waals surface area (Å²) < 4.78 is 17.8. The molecule has 0 saturated carbocycles. The van der Waals surface area contributed by atoms with E-state index < -0.39 is 29.9 Å². The molecule has 2 aromatic heterocycles. The summed E-state index contributed by atoms with van der Waals surface area (Å²) in [5.74, 6) is -0.393. The fraction of sp³-hybridized carbons (Fsp3) is 0.241. The smallest absolute Gasteiger partial charge is 0.349 e. The van der Waals surface area contributed by atoms with Gasteiger partial charge in [0.05, 0.1) is 6.61 Å². The number of nitrogens with one attached hydrogen (secondary N) is 4. The average Bonchev–Trinajstić information content (AvgIpc) is 3.37. The van der Waals surface area contributed by atoms with Crippen molar-refractivity contribution in [1.29, 1.82) is 5.41 Å². The molecule has 224 valence electrons. The number of pyridine rings is 1. The zero-order chi connectivity index (χ0) is 31.1. The normalized spacial score (nSPS) is 12.1. The maximum absolute atomic E-state index is 13.0. The minimum absolute atomic E-state index is 0.0716. The summed E-state index contributed by atoms with van der Waals surface area (Å²) in [6, 6.07) is 14.7. The Morgan fingerprint density at radius 3 is 2.51 bits per heavy atom. The van der Waals surface area contributed by atoms with Crippen molar-refractivity contribution in [3.63, 3.8) is 0 Å². The van der Waals surface area contributed by atoms with Gasteiger partial charge >= 0.3 is 23.9 Å². The molecule has 2 atom stereocenters. The van der Waals surface area contributed by atoms with Gasteiger partial charge in [-0.1, -0.05) is 12.1 Å². The molecule has 0 fully saturated rings. The highest BCUT2D eigenvalue weighted by molar-refractivity contribution is 5.95. The van der Waals surface area contributed by atoms with Crippen molar-refractivity contribution in [3.05, 3.63) is 93.8 Å². The van der Waals surface area contributed by atoms with E-state index in [1.54, 1.807) is 61.7 Å². The molecule has 14 heteroatoms. The van der Waals surface area contributed by atoms with E-state index in [2.05, 4.69) is 25.7 Å². The lowest BCUT2D eigenvalue weighted by Gasteiger charge is -2.22. The van der Waals surface area contributed by atoms with Crippen LogP contribution in [0, 0.1) is 12.3 Å². The third kappa shape index (κ3) is 7.16. The molecular formula is C29H32N8O6. The number of nitrogens with zero attached hydrogens (tertiary/aromatic N) is 3. The van der Waals surface area contributed by atoms with Crippen LogP contribution >= 0.6 is 0 Å². The number of esters is 1. The third-order valence-corrected chi connectivity index (χ3v) is 6.17. The molecule has 0 radical (unpaired) electrons. The van der Waals surface area contributed by atoms with Crippen molar-refractivity contribution < 1.29 is 23.8 Å². The van der Waals surface area contributed by atoms with Crippen molar-refractivity contribution in [2.45, 2.75) is 33.1 Å². The number of nitrogens with two attached hydrogens (primary N) is 1. The Hall–Kier alpha value is -5.66. The minimum atomic E-state index is -1.55. The molecule has 1 amide bonds. The van der Waals surface area contributed by atoms with Crippen LogP contribution in [0.2, 0.25) is 0 Å². The highest BCUT2D eigenvalue weighted by Crippen LogP contribution is 2.34. The van der Waals surface area contributed by atoms with Crippen LogP contribution < -0.4 is 31.5 Å². The fourth-order valence-electron chi connectivity index (χ4n) is 4.12. The van der Waals surface area contributed by atoms with E-state index in [1.165, 1.54) is 11.7 Å². The van der Waals surface area contributed by atoms with Crippen LogP contribution in [-0.2, 0) is 14.3 Å². The lowest BCUT2D eigenvalue weighted by Crippen LogP contribution is -2.39. The number of nitrogen functional groups attached to an aromatic ring is 1. The number of likely N-dealkylation sites (N-methyl/N-ethyl adjacent to an activating group) is 1. The van der Waals surface area contributed by atoms with Crippen LogP contribution in [0.15, 0.2) is 65.6 Å². The van der Waals surface area contributed by atoms with E-state index in [-0.39, 0.29) is 29.8 Å². The zero-order valence-electron chi connectivity index (χ0n) is 24.0. The van der Waals surface area contributed by atoms with Crippen LogP contribution in [0.1, 0.15) is 42.4 Å². The van der Waals surface area contributed by atoms with Gasteiger partial charge in [0.25, 0.3) is 0 Å². The Bertz CT molecular complexity index is 1680. The number of H-pyrrole nitrogens is 1. The van der Waals surface area contributed by atoms with E-state index in [0.717, 1.165) is 12.5 Å². The summed E-state index contributed by atoms with van der Waals surface area (Å²) >= 11 is 0. The number of aromatic nitrogens is 4. The summed E-state index contributed by atoms with van der Waals surface area (Å²) in [6.07, 6.45) is 0.0275. The maximum atomic E-state index is 13.0. The van der Waals surface area contributed by atoms with Crippen molar-refractivity contribution in [3.8, 4) is 17.3 Å². The second kappa shape index (κ2) is 13.3. The molecule has 4 aromatic rings. The van der Waals surface area contributed by atoms with Crippen molar-refractivity contribution in [1.82, 2.24) is 25.1 Å². The first-order chi connectivity index (χ1) is 20.6. The summed E-state index contributed by atoms with van der Waals surface area (Å²) in [4.78, 5) is 44.0. The average molecular weight is 589 g/mol. The van der Waals surface area contributed by atoms with Gasteiger partial charge in [-0.3, -0.25) is 20.0 Å². The van der Waals surface area contributed by atoms with Crippen molar-refractivity contribution >= 4 is 23.4 Å². The van der Waals surface area contributed by atoms with Gasteiger partial charge in [-0.2, -0.15) is 4.68 Å². The number of aromatic amines is 1. The Morgan fingerprint density at radius 1 is 1.14 bits per heavy atom. The number of anilines is 1. The number of carbonyl (C=O) groups excluding carboxylic acids is 2. The molecular weight excluding hydrogens is 556 g/mol. The first-order valence-electron chi connectivity index (χ1n) is 13.3. The number of amidine groups is 1. The van der Waals surface area contributed by atoms with Crippen LogP contribution in [-0.4, -0.2) is 57.4 Å². The Morgan fingerprint density at radius 2 is 1.88 bits per heavy atom. The van der Waals surface area contributed by atoms with E-state index in [1.807, 2.05) is 13.0 Å². The standard InChI is InChI=1S/C29H32N8O6/c1-5-41-22-15-19(10-13-21(22)43-28(27(39)32-4)42-17(3)38)23(34-20-11-8-18(9-12-20)24(30)31)25-35-29(40)37(36-25)26-16(2)7-6-14-33-26/h6-15,23,28,34H,5H2,1-4H3,(H3,30,31)(H,32,39)(H,35,36,40). The topological polar surface area (TPSA) is 199 Å². The maximum Gasteiger partial charge on any atom is 0.349 e. The second-order valence-electron chi connectivity index (χ2n) is 9.25. The third-order valence-electron chi connectivity index (χ3n) is 6.17. The lowest BCUT2D eigenvalue weighted by atomic mass is 10.0. The molecule has 0 bridgehead atoms. The van der Waals surface area contributed by atoms with E-state index in [9.17, 15) is 14.4 Å². The number of hydrogen-bond donors (Lipinski definition) is 5. The van der Waals surface area contributed by atoms with Gasteiger partial charge in [0, 0.05) is 31.4 Å². The first kappa shape index (κ1) is 30.3. The highest BCUT2D eigenvalue weighted by Gasteiger charge is 2.26. The van der Waals surface area contributed by atoms with Gasteiger partial charge in [-0.05, 0) is 67.4 Å². The number of hydrogen-bond acceptors (Lipinski definition) is 10. The molecule has 2 heterocycles. The predicted molar refractivity (Wildman–Crippen MR) is 158 cm³/mol. The van der Waals surface area contributed by atoms with Gasteiger partial charge in [0.15, 0.2) is 23.1 Å². The Balaban J connectivity index is 1.79. The lowest BCUT2D eigenvalue weighted by molar-refractivity contribution is -0.170. The summed E-state index contributed by atoms with van der Waals surface area (Å²) in [6.45, 7) is 5.02. The SMILES string of the molecule is CCOc1cc(C(Nc2ccc(C(=N)N)cc2)c2nn(-c3ncccc3C)c(=O)[nH]2)ccc1OC(OC(C)=O)C(=O)NC. The molecule has 2 aromatic carbocycles. The van der Waals surface area contributed by atoms with E-state index in [0.29, 0.717) is 22.6 Å². The van der Waals surface area contributed by atoms with Gasteiger partial charge in [-0.15, -0.1) is 5.10 Å². The fourth-order valence-corrected chi connectivity index (χ4v) is 4.12. The summed E-state index contributed by atoms with van der Waals surface area (Å²) in [5.41, 5.74) is 7.67. The van der Waals surface area contributed by atoms with E-state index in [4.69, 9.17) is 25.4 Å². The molecule has 0 aliphatic rings. The second-order valence-corrected chi connectivity index (χ2v) is 9.25. The van der Waals surface area contributed by atoms with Gasteiger partial charge in [0.2, 0.25) is 0 Å². The molecule has 2 unspecified atom stereocenters. The molecule has 4 rings (SSSR count). The molecule has 0 aliphatic heterocycles. The Labute approximate surface area is 246 Å². The van der Waals surface area contributed by atoms with Crippen LogP contribution in [0.4, 0.5) is 5.69 Å². The number of rotatable bonds is 12. The summed E-state index contributed by atoms with van der Waals surface area (Å²) in [5, 5.41) is 18.0. The number of carbonyl (C=O) groups is 2.